The van der Waals surface area contributed by atoms with Crippen LogP contribution in [0.15, 0.2) is 24.3 Å². The molecular formula is C17H27NO2. The highest BCUT2D eigenvalue weighted by Gasteiger charge is 2.17. The highest BCUT2D eigenvalue weighted by molar-refractivity contribution is 5.90. The highest BCUT2D eigenvalue weighted by Crippen LogP contribution is 2.26. The van der Waals surface area contributed by atoms with Crippen molar-refractivity contribution >= 4 is 11.6 Å². The van der Waals surface area contributed by atoms with Crippen molar-refractivity contribution in [3.63, 3.8) is 0 Å². The summed E-state index contributed by atoms with van der Waals surface area (Å²) >= 11 is 0. The van der Waals surface area contributed by atoms with Gasteiger partial charge in [0.05, 0.1) is 6.10 Å². The lowest BCUT2D eigenvalue weighted by Crippen LogP contribution is -2.18. The van der Waals surface area contributed by atoms with Gasteiger partial charge in [0, 0.05) is 12.1 Å². The third-order valence-corrected chi connectivity index (χ3v) is 3.17. The summed E-state index contributed by atoms with van der Waals surface area (Å²) in [5, 5.41) is 12.3. The van der Waals surface area contributed by atoms with Gasteiger partial charge in [-0.1, -0.05) is 39.8 Å². The van der Waals surface area contributed by atoms with Crippen molar-refractivity contribution in [2.45, 2.75) is 53.6 Å². The second kappa shape index (κ2) is 6.89. The minimum absolute atomic E-state index is 0.0477. The first-order chi connectivity index (χ1) is 9.17. The topological polar surface area (TPSA) is 49.3 Å². The minimum Gasteiger partial charge on any atom is -0.389 e. The second-order valence-corrected chi connectivity index (χ2v) is 6.92. The predicted octanol–water partition coefficient (Wildman–Crippen LogP) is 4.14. The quantitative estimate of drug-likeness (QED) is 0.849. The standard InChI is InChI=1S/C17H27NO2/c1-12(11-17(3,4)5)10-16(20)18-15-8-6-14(7-9-15)13(2)19/h6-9,12-13,19H,10-11H2,1-5H3,(H,18,20). The molecule has 0 saturated carbocycles. The monoisotopic (exact) mass is 277 g/mol. The van der Waals surface area contributed by atoms with E-state index in [2.05, 4.69) is 33.0 Å². The Labute approximate surface area is 122 Å². The maximum atomic E-state index is 12.0. The summed E-state index contributed by atoms with van der Waals surface area (Å²) < 4.78 is 0. The molecule has 3 nitrogen and oxygen atoms in total. The molecular weight excluding hydrogens is 250 g/mol. The molecule has 2 N–H and O–H groups in total. The maximum Gasteiger partial charge on any atom is 0.224 e. The van der Waals surface area contributed by atoms with Crippen molar-refractivity contribution in [2.75, 3.05) is 5.32 Å². The van der Waals surface area contributed by atoms with Crippen LogP contribution in [0.25, 0.3) is 0 Å². The summed E-state index contributed by atoms with van der Waals surface area (Å²) in [6, 6.07) is 7.32. The van der Waals surface area contributed by atoms with Gasteiger partial charge in [-0.3, -0.25) is 4.79 Å². The van der Waals surface area contributed by atoms with Gasteiger partial charge in [-0.05, 0) is 42.4 Å². The molecule has 2 atom stereocenters. The van der Waals surface area contributed by atoms with Gasteiger partial charge in [0.25, 0.3) is 0 Å². The molecule has 1 rings (SSSR count). The van der Waals surface area contributed by atoms with Gasteiger partial charge in [-0.2, -0.15) is 0 Å². The molecule has 0 aliphatic rings. The van der Waals surface area contributed by atoms with Crippen LogP contribution in [0.4, 0.5) is 5.69 Å². The zero-order valence-electron chi connectivity index (χ0n) is 13.2. The molecule has 112 valence electrons. The van der Waals surface area contributed by atoms with Crippen molar-refractivity contribution in [2.24, 2.45) is 11.3 Å². The van der Waals surface area contributed by atoms with Gasteiger partial charge in [-0.15, -0.1) is 0 Å². The molecule has 1 amide bonds. The number of hydrogen-bond donors (Lipinski definition) is 2. The van der Waals surface area contributed by atoms with Gasteiger partial charge in [0.1, 0.15) is 0 Å². The summed E-state index contributed by atoms with van der Waals surface area (Å²) in [5.74, 6) is 0.415. The lowest BCUT2D eigenvalue weighted by atomic mass is 9.84. The molecule has 0 radical (unpaired) electrons. The fourth-order valence-corrected chi connectivity index (χ4v) is 2.49. The van der Waals surface area contributed by atoms with Crippen LogP contribution in [0.5, 0.6) is 0 Å². The predicted molar refractivity (Wildman–Crippen MR) is 83.6 cm³/mol. The summed E-state index contributed by atoms with van der Waals surface area (Å²) in [6.07, 6.45) is 1.09. The Bertz CT molecular complexity index is 429. The summed E-state index contributed by atoms with van der Waals surface area (Å²) in [4.78, 5) is 12.0. The number of carbonyl (C=O) groups is 1. The van der Waals surface area contributed by atoms with E-state index in [1.807, 2.05) is 24.3 Å². The first-order valence-electron chi connectivity index (χ1n) is 7.25. The fourth-order valence-electron chi connectivity index (χ4n) is 2.49. The van der Waals surface area contributed by atoms with Gasteiger partial charge >= 0.3 is 0 Å². The number of benzene rings is 1. The number of aliphatic hydroxyl groups excluding tert-OH is 1. The minimum atomic E-state index is -0.480. The summed E-state index contributed by atoms with van der Waals surface area (Å²) in [5.41, 5.74) is 1.88. The Kier molecular flexibility index (Phi) is 5.75. The lowest BCUT2D eigenvalue weighted by Gasteiger charge is -2.22. The SMILES string of the molecule is CC(CC(=O)Nc1ccc(C(C)O)cc1)CC(C)(C)C. The van der Waals surface area contributed by atoms with Crippen molar-refractivity contribution in [3.05, 3.63) is 29.8 Å². The van der Waals surface area contributed by atoms with Crippen LogP contribution in [-0.4, -0.2) is 11.0 Å². The second-order valence-electron chi connectivity index (χ2n) is 6.92. The number of carbonyl (C=O) groups excluding carboxylic acids is 1. The molecule has 20 heavy (non-hydrogen) atoms. The third-order valence-electron chi connectivity index (χ3n) is 3.17. The molecule has 1 aromatic rings. The average Bonchev–Trinajstić information content (AvgIpc) is 2.26. The third kappa shape index (κ3) is 6.20. The number of aliphatic hydroxyl groups is 1. The number of rotatable bonds is 5. The van der Waals surface area contributed by atoms with E-state index in [1.165, 1.54) is 0 Å². The van der Waals surface area contributed by atoms with E-state index in [1.54, 1.807) is 6.92 Å². The smallest absolute Gasteiger partial charge is 0.224 e. The van der Waals surface area contributed by atoms with E-state index in [4.69, 9.17) is 0 Å². The Balaban J connectivity index is 2.50. The molecule has 0 fully saturated rings. The van der Waals surface area contributed by atoms with Crippen molar-refractivity contribution in [1.29, 1.82) is 0 Å². The first kappa shape index (κ1) is 16.7. The first-order valence-corrected chi connectivity index (χ1v) is 7.25. The van der Waals surface area contributed by atoms with Gasteiger partial charge in [0.2, 0.25) is 5.91 Å². The molecule has 0 spiro atoms. The molecule has 0 saturated heterocycles. The van der Waals surface area contributed by atoms with Crippen LogP contribution < -0.4 is 5.32 Å². The summed E-state index contributed by atoms with van der Waals surface area (Å²) in [6.45, 7) is 10.4. The zero-order chi connectivity index (χ0) is 15.3. The normalized spacial score (nSPS) is 14.7. The Morgan fingerprint density at radius 3 is 2.20 bits per heavy atom. The molecule has 0 heterocycles. The average molecular weight is 277 g/mol. The van der Waals surface area contributed by atoms with E-state index in [-0.39, 0.29) is 11.3 Å². The molecule has 1 aromatic carbocycles. The van der Waals surface area contributed by atoms with Crippen LogP contribution >= 0.6 is 0 Å². The maximum absolute atomic E-state index is 12.0. The van der Waals surface area contributed by atoms with Crippen molar-refractivity contribution in [3.8, 4) is 0 Å². The van der Waals surface area contributed by atoms with Crippen molar-refractivity contribution in [1.82, 2.24) is 0 Å². The molecule has 3 heteroatoms. The van der Waals surface area contributed by atoms with Gasteiger partial charge in [0.15, 0.2) is 0 Å². The number of anilines is 1. The molecule has 0 aliphatic carbocycles. The van der Waals surface area contributed by atoms with E-state index >= 15 is 0 Å². The Hall–Kier alpha value is -1.35. The molecule has 0 aromatic heterocycles. The number of hydrogen-bond acceptors (Lipinski definition) is 2. The van der Waals surface area contributed by atoms with Gasteiger partial charge in [-0.25, -0.2) is 0 Å². The Morgan fingerprint density at radius 1 is 1.20 bits per heavy atom. The molecule has 0 aliphatic heterocycles. The van der Waals surface area contributed by atoms with Crippen LogP contribution in [0, 0.1) is 11.3 Å². The van der Waals surface area contributed by atoms with Crippen LogP contribution in [-0.2, 0) is 4.79 Å². The number of amides is 1. The van der Waals surface area contributed by atoms with E-state index in [0.717, 1.165) is 17.7 Å². The van der Waals surface area contributed by atoms with Crippen LogP contribution in [0.2, 0.25) is 0 Å². The molecule has 2 unspecified atom stereocenters. The largest absolute Gasteiger partial charge is 0.389 e. The number of nitrogens with one attached hydrogen (secondary N) is 1. The summed E-state index contributed by atoms with van der Waals surface area (Å²) in [7, 11) is 0. The van der Waals surface area contributed by atoms with Gasteiger partial charge < -0.3 is 10.4 Å². The zero-order valence-corrected chi connectivity index (χ0v) is 13.2. The van der Waals surface area contributed by atoms with E-state index in [9.17, 15) is 9.90 Å². The van der Waals surface area contributed by atoms with Crippen LogP contribution in [0.3, 0.4) is 0 Å². The highest BCUT2D eigenvalue weighted by atomic mass is 16.3. The molecule has 0 bridgehead atoms. The fraction of sp³-hybridized carbons (Fsp3) is 0.588. The Morgan fingerprint density at radius 2 is 1.75 bits per heavy atom. The van der Waals surface area contributed by atoms with Crippen LogP contribution in [0.1, 0.15) is 59.1 Å². The van der Waals surface area contributed by atoms with E-state index in [0.29, 0.717) is 12.3 Å². The van der Waals surface area contributed by atoms with Crippen molar-refractivity contribution < 1.29 is 9.90 Å². The lowest BCUT2D eigenvalue weighted by molar-refractivity contribution is -0.117. The van der Waals surface area contributed by atoms with E-state index < -0.39 is 6.10 Å².